The fraction of sp³-hybridized carbons (Fsp3) is 0.0769. The van der Waals surface area contributed by atoms with E-state index in [4.69, 9.17) is 5.73 Å². The third-order valence-corrected chi connectivity index (χ3v) is 2.46. The predicted molar refractivity (Wildman–Crippen MR) is 65.2 cm³/mol. The quantitative estimate of drug-likeness (QED) is 0.779. The van der Waals surface area contributed by atoms with Crippen LogP contribution in [0.15, 0.2) is 36.4 Å². The molecule has 0 unspecified atom stereocenters. The highest BCUT2D eigenvalue weighted by atomic mass is 19.1. The van der Waals surface area contributed by atoms with Crippen molar-refractivity contribution in [1.29, 1.82) is 0 Å². The summed E-state index contributed by atoms with van der Waals surface area (Å²) in [6, 6.07) is 8.70. The molecule has 0 spiro atoms. The summed E-state index contributed by atoms with van der Waals surface area (Å²) >= 11 is 0. The first kappa shape index (κ1) is 11.4. The van der Waals surface area contributed by atoms with Gasteiger partial charge < -0.3 is 11.1 Å². The van der Waals surface area contributed by atoms with Crippen LogP contribution in [0.3, 0.4) is 0 Å². The lowest BCUT2D eigenvalue weighted by atomic mass is 10.1. The van der Waals surface area contributed by atoms with Crippen molar-refractivity contribution in [3.05, 3.63) is 53.6 Å². The van der Waals surface area contributed by atoms with E-state index in [0.29, 0.717) is 11.4 Å². The molecule has 0 aliphatic carbocycles. The molecule has 2 nitrogen and oxygen atoms in total. The highest BCUT2D eigenvalue weighted by molar-refractivity contribution is 5.67. The maximum atomic E-state index is 13.4. The number of anilines is 3. The van der Waals surface area contributed by atoms with Crippen molar-refractivity contribution >= 4 is 17.1 Å². The van der Waals surface area contributed by atoms with Gasteiger partial charge in [0.1, 0.15) is 11.6 Å². The summed E-state index contributed by atoms with van der Waals surface area (Å²) in [5.41, 5.74) is 8.09. The summed E-state index contributed by atoms with van der Waals surface area (Å²) in [4.78, 5) is 0. The Morgan fingerprint density at radius 3 is 2.47 bits per heavy atom. The first-order valence-corrected chi connectivity index (χ1v) is 5.14. The zero-order chi connectivity index (χ0) is 12.4. The second-order valence-electron chi connectivity index (χ2n) is 3.82. The Labute approximate surface area is 98.1 Å². The minimum atomic E-state index is -0.633. The number of nitrogen functional groups attached to an aromatic ring is 1. The molecule has 0 aliphatic rings. The molecule has 2 aromatic rings. The summed E-state index contributed by atoms with van der Waals surface area (Å²) in [5.74, 6) is -1.23. The van der Waals surface area contributed by atoms with Crippen LogP contribution in [-0.4, -0.2) is 0 Å². The van der Waals surface area contributed by atoms with Gasteiger partial charge in [-0.05, 0) is 36.8 Å². The van der Waals surface area contributed by atoms with Gasteiger partial charge in [-0.3, -0.25) is 0 Å². The summed E-state index contributed by atoms with van der Waals surface area (Å²) in [6.45, 7) is 1.88. The van der Waals surface area contributed by atoms with E-state index < -0.39 is 11.6 Å². The van der Waals surface area contributed by atoms with Gasteiger partial charge in [0.15, 0.2) is 0 Å². The van der Waals surface area contributed by atoms with Gasteiger partial charge in [-0.2, -0.15) is 0 Å². The monoisotopic (exact) mass is 234 g/mol. The van der Waals surface area contributed by atoms with Crippen molar-refractivity contribution in [3.8, 4) is 0 Å². The zero-order valence-corrected chi connectivity index (χ0v) is 9.30. The van der Waals surface area contributed by atoms with Crippen LogP contribution in [0.2, 0.25) is 0 Å². The number of nitrogens with one attached hydrogen (secondary N) is 1. The zero-order valence-electron chi connectivity index (χ0n) is 9.30. The molecule has 4 heteroatoms. The molecule has 0 aromatic heterocycles. The van der Waals surface area contributed by atoms with E-state index in [-0.39, 0.29) is 5.69 Å². The highest BCUT2D eigenvalue weighted by Gasteiger charge is 2.05. The molecule has 0 bridgehead atoms. The predicted octanol–water partition coefficient (Wildman–Crippen LogP) is 3.60. The number of aryl methyl sites for hydroxylation is 1. The lowest BCUT2D eigenvalue weighted by Crippen LogP contribution is -1.97. The van der Waals surface area contributed by atoms with Crippen molar-refractivity contribution in [2.75, 3.05) is 11.1 Å². The molecular weight excluding hydrogens is 222 g/mol. The average Bonchev–Trinajstić information content (AvgIpc) is 2.27. The first-order valence-electron chi connectivity index (χ1n) is 5.14. The van der Waals surface area contributed by atoms with E-state index in [9.17, 15) is 8.78 Å². The van der Waals surface area contributed by atoms with Gasteiger partial charge in [0.25, 0.3) is 0 Å². The van der Waals surface area contributed by atoms with Crippen LogP contribution in [-0.2, 0) is 0 Å². The SMILES string of the molecule is Cc1ccc(N)cc1Nc1ccc(F)cc1F. The topological polar surface area (TPSA) is 38.0 Å². The van der Waals surface area contributed by atoms with Crippen molar-refractivity contribution in [2.45, 2.75) is 6.92 Å². The molecule has 0 saturated heterocycles. The van der Waals surface area contributed by atoms with Crippen LogP contribution in [0.25, 0.3) is 0 Å². The smallest absolute Gasteiger partial charge is 0.149 e. The molecule has 2 rings (SSSR count). The Hall–Kier alpha value is -2.10. The van der Waals surface area contributed by atoms with Gasteiger partial charge in [0, 0.05) is 17.4 Å². The Balaban J connectivity index is 2.34. The third kappa shape index (κ3) is 2.53. The molecule has 0 atom stereocenters. The summed E-state index contributed by atoms with van der Waals surface area (Å²) in [7, 11) is 0. The highest BCUT2D eigenvalue weighted by Crippen LogP contribution is 2.24. The fourth-order valence-electron chi connectivity index (χ4n) is 1.51. The van der Waals surface area contributed by atoms with Gasteiger partial charge in [-0.1, -0.05) is 6.07 Å². The first-order chi connectivity index (χ1) is 8.06. The minimum Gasteiger partial charge on any atom is -0.399 e. The molecular formula is C13H12F2N2. The van der Waals surface area contributed by atoms with Crippen LogP contribution >= 0.6 is 0 Å². The molecule has 3 N–H and O–H groups in total. The average molecular weight is 234 g/mol. The van der Waals surface area contributed by atoms with Crippen molar-refractivity contribution in [3.63, 3.8) is 0 Å². The van der Waals surface area contributed by atoms with E-state index in [2.05, 4.69) is 5.32 Å². The van der Waals surface area contributed by atoms with E-state index in [1.54, 1.807) is 12.1 Å². The largest absolute Gasteiger partial charge is 0.399 e. The molecule has 0 saturated carbocycles. The molecule has 17 heavy (non-hydrogen) atoms. The summed E-state index contributed by atoms with van der Waals surface area (Å²) < 4.78 is 26.2. The number of nitrogens with two attached hydrogens (primary N) is 1. The summed E-state index contributed by atoms with van der Waals surface area (Å²) in [6.07, 6.45) is 0. The maximum absolute atomic E-state index is 13.4. The maximum Gasteiger partial charge on any atom is 0.149 e. The molecule has 2 aromatic carbocycles. The lowest BCUT2D eigenvalue weighted by Gasteiger charge is -2.11. The number of halogens is 2. The fourth-order valence-corrected chi connectivity index (χ4v) is 1.51. The molecule has 0 radical (unpaired) electrons. The van der Waals surface area contributed by atoms with Gasteiger partial charge in [-0.15, -0.1) is 0 Å². The van der Waals surface area contributed by atoms with Crippen molar-refractivity contribution < 1.29 is 8.78 Å². The van der Waals surface area contributed by atoms with Crippen LogP contribution in [0, 0.1) is 18.6 Å². The van der Waals surface area contributed by atoms with Crippen LogP contribution in [0.5, 0.6) is 0 Å². The van der Waals surface area contributed by atoms with Crippen LogP contribution < -0.4 is 11.1 Å². The molecule has 0 heterocycles. The number of hydrogen-bond acceptors (Lipinski definition) is 2. The summed E-state index contributed by atoms with van der Waals surface area (Å²) in [5, 5.41) is 2.89. The Morgan fingerprint density at radius 2 is 1.76 bits per heavy atom. The Bertz CT molecular complexity index is 553. The van der Waals surface area contributed by atoms with E-state index >= 15 is 0 Å². The van der Waals surface area contributed by atoms with Gasteiger partial charge in [0.2, 0.25) is 0 Å². The Morgan fingerprint density at radius 1 is 1.00 bits per heavy atom. The van der Waals surface area contributed by atoms with Crippen LogP contribution in [0.1, 0.15) is 5.56 Å². The second-order valence-corrected chi connectivity index (χ2v) is 3.82. The van der Waals surface area contributed by atoms with Crippen molar-refractivity contribution in [1.82, 2.24) is 0 Å². The van der Waals surface area contributed by atoms with E-state index in [1.807, 2.05) is 13.0 Å². The Kier molecular flexibility index (Phi) is 2.95. The molecule has 0 amide bonds. The number of rotatable bonds is 2. The van der Waals surface area contributed by atoms with Gasteiger partial charge in [0.05, 0.1) is 5.69 Å². The standard InChI is InChI=1S/C13H12F2N2/c1-8-2-4-10(16)7-13(8)17-12-5-3-9(14)6-11(12)15/h2-7,17H,16H2,1H3. The van der Waals surface area contributed by atoms with Crippen LogP contribution in [0.4, 0.5) is 25.8 Å². The third-order valence-electron chi connectivity index (χ3n) is 2.46. The lowest BCUT2D eigenvalue weighted by molar-refractivity contribution is 0.586. The van der Waals surface area contributed by atoms with E-state index in [0.717, 1.165) is 11.6 Å². The second kappa shape index (κ2) is 4.41. The number of hydrogen-bond donors (Lipinski definition) is 2. The van der Waals surface area contributed by atoms with Gasteiger partial charge in [-0.25, -0.2) is 8.78 Å². The van der Waals surface area contributed by atoms with Gasteiger partial charge >= 0.3 is 0 Å². The molecule has 0 aliphatic heterocycles. The van der Waals surface area contributed by atoms with E-state index in [1.165, 1.54) is 12.1 Å². The normalized spacial score (nSPS) is 10.3. The minimum absolute atomic E-state index is 0.222. The molecule has 88 valence electrons. The van der Waals surface area contributed by atoms with Crippen molar-refractivity contribution in [2.24, 2.45) is 0 Å². The molecule has 0 fully saturated rings. The number of benzene rings is 2.